The lowest BCUT2D eigenvalue weighted by molar-refractivity contribution is 0.0286. The Morgan fingerprint density at radius 2 is 1.00 bits per heavy atom. The summed E-state index contributed by atoms with van der Waals surface area (Å²) in [6.07, 6.45) is 5.46. The van der Waals surface area contributed by atoms with E-state index in [1.54, 1.807) is 0 Å². The highest BCUT2D eigenvalue weighted by molar-refractivity contribution is 4.84. The molecule has 102 valence electrons. The maximum atomic E-state index is 5.29. The van der Waals surface area contributed by atoms with Crippen LogP contribution in [0.5, 0.6) is 0 Å². The first kappa shape index (κ1) is 15.0. The second-order valence-corrected chi connectivity index (χ2v) is 7.89. The Morgan fingerprint density at radius 3 is 1.18 bits per heavy atom. The molecule has 0 amide bonds. The van der Waals surface area contributed by atoms with Crippen LogP contribution in [0.3, 0.4) is 0 Å². The lowest BCUT2D eigenvalue weighted by atomic mass is 9.76. The van der Waals surface area contributed by atoms with Crippen LogP contribution < -0.4 is 0 Å². The molecule has 0 aromatic carbocycles. The number of ether oxygens (including phenoxy) is 1. The Kier molecular flexibility index (Phi) is 5.07. The molecule has 1 saturated carbocycles. The van der Waals surface area contributed by atoms with Gasteiger partial charge in [0.2, 0.25) is 0 Å². The largest absolute Gasteiger partial charge is 0.381 e. The zero-order valence-corrected chi connectivity index (χ0v) is 12.8. The van der Waals surface area contributed by atoms with Crippen LogP contribution in [-0.4, -0.2) is 13.2 Å². The highest BCUT2D eigenvalue weighted by Gasteiger charge is 2.33. The smallest absolute Gasteiger partial charge is 0.0468 e. The first-order chi connectivity index (χ1) is 7.71. The predicted molar refractivity (Wildman–Crippen MR) is 75.2 cm³/mol. The average Bonchev–Trinajstić information content (AvgIpc) is 3.00. The molecular formula is C16H32O. The lowest BCUT2D eigenvalue weighted by Crippen LogP contribution is -2.27. The Bertz CT molecular complexity index is 209. The summed E-state index contributed by atoms with van der Waals surface area (Å²) in [5, 5.41) is 0. The molecule has 0 N–H and O–H groups in total. The zero-order chi connectivity index (χ0) is 13.1. The molecule has 1 heteroatoms. The molecule has 0 atom stereocenters. The van der Waals surface area contributed by atoms with Crippen molar-refractivity contribution >= 4 is 0 Å². The van der Waals surface area contributed by atoms with Crippen molar-refractivity contribution in [3.63, 3.8) is 0 Å². The molecule has 1 nitrogen and oxygen atoms in total. The molecule has 1 aliphatic carbocycles. The third-order valence-corrected chi connectivity index (χ3v) is 4.25. The normalized spacial score (nSPS) is 22.9. The van der Waals surface area contributed by atoms with Crippen molar-refractivity contribution < 1.29 is 4.74 Å². The van der Waals surface area contributed by atoms with Crippen molar-refractivity contribution in [3.05, 3.63) is 0 Å². The van der Waals surface area contributed by atoms with Crippen LogP contribution >= 0.6 is 0 Å². The van der Waals surface area contributed by atoms with E-state index in [-0.39, 0.29) is 0 Å². The Labute approximate surface area is 108 Å². The van der Waals surface area contributed by atoms with Crippen molar-refractivity contribution in [1.82, 2.24) is 0 Å². The standard InChI is InChI=1S/C9H18O.C7H14/c1-9(2,3)8-4-6-10-7-5-8;1-7(2,3)6-4-5-6/h8H,4-7H2,1-3H3;6H,4-5H2,1-3H3. The molecule has 1 heterocycles. The Balaban J connectivity index is 0.000000181. The van der Waals surface area contributed by atoms with E-state index in [0.29, 0.717) is 10.8 Å². The van der Waals surface area contributed by atoms with Crippen molar-refractivity contribution in [2.24, 2.45) is 22.7 Å². The highest BCUT2D eigenvalue weighted by Crippen LogP contribution is 2.44. The zero-order valence-electron chi connectivity index (χ0n) is 12.8. The molecule has 0 aromatic heterocycles. The number of hydrogen-bond acceptors (Lipinski definition) is 1. The van der Waals surface area contributed by atoms with Crippen LogP contribution in [0.4, 0.5) is 0 Å². The summed E-state index contributed by atoms with van der Waals surface area (Å²) < 4.78 is 5.29. The van der Waals surface area contributed by atoms with Gasteiger partial charge in [0, 0.05) is 13.2 Å². The van der Waals surface area contributed by atoms with Crippen molar-refractivity contribution in [3.8, 4) is 0 Å². The molecule has 2 fully saturated rings. The van der Waals surface area contributed by atoms with Gasteiger partial charge in [-0.3, -0.25) is 0 Å². The van der Waals surface area contributed by atoms with Crippen LogP contribution in [0.25, 0.3) is 0 Å². The summed E-state index contributed by atoms with van der Waals surface area (Å²) >= 11 is 0. The summed E-state index contributed by atoms with van der Waals surface area (Å²) in [5.74, 6) is 1.92. The summed E-state index contributed by atoms with van der Waals surface area (Å²) in [5.41, 5.74) is 1.10. The quantitative estimate of drug-likeness (QED) is 0.585. The van der Waals surface area contributed by atoms with Gasteiger partial charge in [0.05, 0.1) is 0 Å². The average molecular weight is 240 g/mol. The molecule has 0 spiro atoms. The maximum absolute atomic E-state index is 5.29. The van der Waals surface area contributed by atoms with Gasteiger partial charge in [-0.1, -0.05) is 41.5 Å². The third kappa shape index (κ3) is 5.90. The SMILES string of the molecule is CC(C)(C)C1CC1.CC(C)(C)C1CCOCC1. The van der Waals surface area contributed by atoms with Crippen LogP contribution in [-0.2, 0) is 4.74 Å². The fraction of sp³-hybridized carbons (Fsp3) is 1.00. The van der Waals surface area contributed by atoms with Gasteiger partial charge in [0.25, 0.3) is 0 Å². The summed E-state index contributed by atoms with van der Waals surface area (Å²) in [6.45, 7) is 15.9. The molecular weight excluding hydrogens is 208 g/mol. The predicted octanol–water partition coefficient (Wildman–Crippen LogP) is 4.90. The molecule has 0 aromatic rings. The van der Waals surface area contributed by atoms with E-state index in [1.807, 2.05) is 0 Å². The molecule has 2 aliphatic rings. The van der Waals surface area contributed by atoms with Gasteiger partial charge < -0.3 is 4.74 Å². The van der Waals surface area contributed by atoms with Gasteiger partial charge in [-0.05, 0) is 48.3 Å². The van der Waals surface area contributed by atoms with E-state index in [1.165, 1.54) is 25.7 Å². The van der Waals surface area contributed by atoms with E-state index in [9.17, 15) is 0 Å². The fourth-order valence-electron chi connectivity index (χ4n) is 2.51. The second kappa shape index (κ2) is 5.73. The minimum absolute atomic E-state index is 0.490. The van der Waals surface area contributed by atoms with Gasteiger partial charge >= 0.3 is 0 Å². The molecule has 17 heavy (non-hydrogen) atoms. The van der Waals surface area contributed by atoms with Crippen LogP contribution in [0.2, 0.25) is 0 Å². The Hall–Kier alpha value is -0.0400. The molecule has 0 radical (unpaired) electrons. The van der Waals surface area contributed by atoms with E-state index >= 15 is 0 Å². The van der Waals surface area contributed by atoms with Crippen LogP contribution in [0.15, 0.2) is 0 Å². The van der Waals surface area contributed by atoms with Gasteiger partial charge in [-0.2, -0.15) is 0 Å². The van der Waals surface area contributed by atoms with Crippen LogP contribution in [0, 0.1) is 22.7 Å². The molecule has 1 aliphatic heterocycles. The van der Waals surface area contributed by atoms with Gasteiger partial charge in [-0.15, -0.1) is 0 Å². The van der Waals surface area contributed by atoms with E-state index in [2.05, 4.69) is 41.5 Å². The fourth-order valence-corrected chi connectivity index (χ4v) is 2.51. The summed E-state index contributed by atoms with van der Waals surface area (Å²) in [7, 11) is 0. The van der Waals surface area contributed by atoms with Crippen molar-refractivity contribution in [2.75, 3.05) is 13.2 Å². The third-order valence-electron chi connectivity index (χ3n) is 4.25. The first-order valence-corrected chi connectivity index (χ1v) is 7.29. The number of rotatable bonds is 0. The maximum Gasteiger partial charge on any atom is 0.0468 e. The van der Waals surface area contributed by atoms with E-state index < -0.39 is 0 Å². The minimum atomic E-state index is 0.490. The highest BCUT2D eigenvalue weighted by atomic mass is 16.5. The second-order valence-electron chi connectivity index (χ2n) is 7.89. The molecule has 2 rings (SSSR count). The minimum Gasteiger partial charge on any atom is -0.381 e. The van der Waals surface area contributed by atoms with Crippen molar-refractivity contribution in [1.29, 1.82) is 0 Å². The summed E-state index contributed by atoms with van der Waals surface area (Å²) in [6, 6.07) is 0. The molecule has 1 saturated heterocycles. The van der Waals surface area contributed by atoms with Crippen molar-refractivity contribution in [2.45, 2.75) is 67.2 Å². The topological polar surface area (TPSA) is 9.23 Å². The van der Waals surface area contributed by atoms with E-state index in [0.717, 1.165) is 25.0 Å². The van der Waals surface area contributed by atoms with Gasteiger partial charge in [-0.25, -0.2) is 0 Å². The first-order valence-electron chi connectivity index (χ1n) is 7.29. The monoisotopic (exact) mass is 240 g/mol. The van der Waals surface area contributed by atoms with E-state index in [4.69, 9.17) is 4.74 Å². The molecule has 0 bridgehead atoms. The van der Waals surface area contributed by atoms with Gasteiger partial charge in [0.15, 0.2) is 0 Å². The number of hydrogen-bond donors (Lipinski definition) is 0. The summed E-state index contributed by atoms with van der Waals surface area (Å²) in [4.78, 5) is 0. The van der Waals surface area contributed by atoms with Gasteiger partial charge in [0.1, 0.15) is 0 Å². The molecule has 0 unspecified atom stereocenters. The Morgan fingerprint density at radius 1 is 0.647 bits per heavy atom. The lowest BCUT2D eigenvalue weighted by Gasteiger charge is -2.33. The van der Waals surface area contributed by atoms with Crippen LogP contribution in [0.1, 0.15) is 67.2 Å².